The van der Waals surface area contributed by atoms with Crippen LogP contribution in [0.25, 0.3) is 0 Å². The van der Waals surface area contributed by atoms with Crippen molar-refractivity contribution < 1.29 is 18.6 Å². The predicted molar refractivity (Wildman–Crippen MR) is 191 cm³/mol. The van der Waals surface area contributed by atoms with E-state index in [2.05, 4.69) is 55.4 Å². The second-order valence-electron chi connectivity index (χ2n) is 13.1. The molecule has 0 spiro atoms. The van der Waals surface area contributed by atoms with Crippen LogP contribution in [0, 0.1) is 0 Å². The fourth-order valence-corrected chi connectivity index (χ4v) is 18.6. The molecule has 246 valence electrons. The average Bonchev–Trinajstić information content (AvgIpc) is 3.02. The fourth-order valence-electron chi connectivity index (χ4n) is 6.69. The Bertz CT molecular complexity index is 803. The van der Waals surface area contributed by atoms with Crippen LogP contribution in [-0.2, 0) is 9.05 Å². The van der Waals surface area contributed by atoms with Gasteiger partial charge in [-0.2, -0.15) is 0 Å². The number of unbranched alkanes of at least 4 members (excludes halogenated alkanes) is 6. The second kappa shape index (κ2) is 18.7. The van der Waals surface area contributed by atoms with Crippen molar-refractivity contribution in [3.05, 3.63) is 35.4 Å². The van der Waals surface area contributed by atoms with Crippen LogP contribution in [0.3, 0.4) is 0 Å². The summed E-state index contributed by atoms with van der Waals surface area (Å²) in [5.41, 5.74) is 1.10. The van der Waals surface area contributed by atoms with E-state index in [1.807, 2.05) is 0 Å². The zero-order valence-electron chi connectivity index (χ0n) is 29.0. The molecule has 1 aromatic carbocycles. The summed E-state index contributed by atoms with van der Waals surface area (Å²) < 4.78 is 13.6. The van der Waals surface area contributed by atoms with E-state index in [-0.39, 0.29) is 11.9 Å². The topological polar surface area (TPSA) is 52.6 Å². The molecule has 42 heavy (non-hydrogen) atoms. The molecule has 0 aliphatic carbocycles. The molecular weight excluding hydrogens is 558 g/mol. The maximum atomic E-state index is 13.8. The van der Waals surface area contributed by atoms with Crippen LogP contribution in [0.15, 0.2) is 24.3 Å². The van der Waals surface area contributed by atoms with Gasteiger partial charge in [-0.05, 0) is 0 Å². The Morgan fingerprint density at radius 3 is 0.833 bits per heavy atom. The Morgan fingerprint density at radius 1 is 0.452 bits per heavy atom. The summed E-state index contributed by atoms with van der Waals surface area (Å²) in [7, 11) is 0. The van der Waals surface area contributed by atoms with Crippen LogP contribution in [0.5, 0.6) is 0 Å². The van der Waals surface area contributed by atoms with Crippen LogP contribution >= 0.6 is 13.7 Å². The first kappa shape index (κ1) is 39.0. The molecule has 0 heterocycles. The normalized spacial score (nSPS) is 14.0. The molecule has 0 radical (unpaired) electrons. The van der Waals surface area contributed by atoms with Crippen LogP contribution in [0.2, 0.25) is 0 Å². The number of carbonyl (C=O) groups is 2. The summed E-state index contributed by atoms with van der Waals surface area (Å²) in [6.45, 7) is 12.5. The van der Waals surface area contributed by atoms with Gasteiger partial charge in [0.05, 0.1) is 0 Å². The van der Waals surface area contributed by atoms with Crippen molar-refractivity contribution >= 4 is 25.6 Å². The summed E-state index contributed by atoms with van der Waals surface area (Å²) in [6, 6.07) is 7.18. The van der Waals surface area contributed by atoms with E-state index in [9.17, 15) is 9.59 Å². The summed E-state index contributed by atoms with van der Waals surface area (Å²) in [5.74, 6) is -0.417. The van der Waals surface area contributed by atoms with Gasteiger partial charge in [0.25, 0.3) is 0 Å². The molecule has 0 fully saturated rings. The molecule has 0 aliphatic heterocycles. The van der Waals surface area contributed by atoms with Crippen molar-refractivity contribution in [2.24, 2.45) is 0 Å². The van der Waals surface area contributed by atoms with Crippen molar-refractivity contribution in [1.82, 2.24) is 0 Å². The molecule has 0 aromatic heterocycles. The molecule has 1 rings (SSSR count). The summed E-state index contributed by atoms with van der Waals surface area (Å²) >= 11 is 0. The first-order valence-electron chi connectivity index (χ1n) is 17.7. The van der Waals surface area contributed by atoms with E-state index in [0.29, 0.717) is 11.1 Å². The SMILES string of the molecule is CCCCP(CC)(CCCC)(CCCC)OC(=O)c1ccc(C(=O)OP(CC)(CCCC)(CCCC)CCCC)cc1. The second-order valence-corrected chi connectivity index (χ2v) is 24.9. The van der Waals surface area contributed by atoms with Gasteiger partial charge in [0.15, 0.2) is 0 Å². The molecule has 0 N–H and O–H groups in total. The van der Waals surface area contributed by atoms with E-state index in [1.165, 1.54) is 0 Å². The predicted octanol–water partition coefficient (Wildman–Crippen LogP) is 11.8. The van der Waals surface area contributed by atoms with Gasteiger partial charge < -0.3 is 0 Å². The summed E-state index contributed by atoms with van der Waals surface area (Å²) in [6.07, 6.45) is 21.4. The van der Waals surface area contributed by atoms with Crippen LogP contribution in [0.4, 0.5) is 0 Å². The van der Waals surface area contributed by atoms with Crippen molar-refractivity contribution in [3.63, 3.8) is 0 Å². The number of rotatable bonds is 24. The Morgan fingerprint density at radius 2 is 0.667 bits per heavy atom. The van der Waals surface area contributed by atoms with E-state index in [0.717, 1.165) is 126 Å². The van der Waals surface area contributed by atoms with Crippen LogP contribution < -0.4 is 0 Å². The van der Waals surface area contributed by atoms with Crippen LogP contribution in [-0.4, -0.2) is 61.2 Å². The summed E-state index contributed by atoms with van der Waals surface area (Å²) in [5, 5.41) is 0. The van der Waals surface area contributed by atoms with Gasteiger partial charge in [0, 0.05) is 0 Å². The number of hydrogen-bond acceptors (Lipinski definition) is 4. The summed E-state index contributed by atoms with van der Waals surface area (Å²) in [4.78, 5) is 27.6. The Balaban J connectivity index is 3.36. The standard InChI is InChI=1S/C36H68O4P2/c1-9-17-27-41(15-7,28-18-10-2,29-19-11-3)39-35(37)33-23-25-34(26-24-33)36(38)40-42(16-8,30-20-12-4,31-21-13-5)32-22-14-6/h23-26H,9-22,27-32H2,1-8H3. The van der Waals surface area contributed by atoms with E-state index >= 15 is 0 Å². The molecular formula is C36H68O4P2. The molecule has 6 heteroatoms. The maximum absolute atomic E-state index is 13.8. The fraction of sp³-hybridized carbons (Fsp3) is 0.778. The minimum absolute atomic E-state index is 0.209. The molecule has 0 atom stereocenters. The third kappa shape index (κ3) is 10.6. The Hall–Kier alpha value is -0.980. The third-order valence-electron chi connectivity index (χ3n) is 10.1. The van der Waals surface area contributed by atoms with Gasteiger partial charge in [-0.3, -0.25) is 0 Å². The molecule has 0 saturated heterocycles. The minimum atomic E-state index is -2.68. The number of carbonyl (C=O) groups excluding carboxylic acids is 2. The first-order chi connectivity index (χ1) is 20.1. The Labute approximate surface area is 260 Å². The van der Waals surface area contributed by atoms with Gasteiger partial charge in [0.1, 0.15) is 0 Å². The van der Waals surface area contributed by atoms with Crippen molar-refractivity contribution in [1.29, 1.82) is 0 Å². The number of hydrogen-bond donors (Lipinski definition) is 0. The molecule has 1 aromatic rings. The quantitative estimate of drug-likeness (QED) is 0.107. The van der Waals surface area contributed by atoms with Gasteiger partial charge >= 0.3 is 261 Å². The van der Waals surface area contributed by atoms with E-state index in [4.69, 9.17) is 9.05 Å². The zero-order chi connectivity index (χ0) is 31.6. The monoisotopic (exact) mass is 626 g/mol. The Kier molecular flexibility index (Phi) is 17.4. The van der Waals surface area contributed by atoms with E-state index in [1.54, 1.807) is 24.3 Å². The molecule has 0 unspecified atom stereocenters. The molecule has 0 saturated carbocycles. The van der Waals surface area contributed by atoms with Gasteiger partial charge in [-0.25, -0.2) is 0 Å². The first-order valence-corrected chi connectivity index (χ1v) is 23.5. The zero-order valence-corrected chi connectivity index (χ0v) is 30.8. The van der Waals surface area contributed by atoms with Gasteiger partial charge in [-0.1, -0.05) is 0 Å². The van der Waals surface area contributed by atoms with Crippen molar-refractivity contribution in [3.8, 4) is 0 Å². The van der Waals surface area contributed by atoms with Crippen molar-refractivity contribution in [2.45, 2.75) is 132 Å². The van der Waals surface area contributed by atoms with Crippen LogP contribution in [0.1, 0.15) is 153 Å². The van der Waals surface area contributed by atoms with Crippen molar-refractivity contribution in [2.75, 3.05) is 49.3 Å². The third-order valence-corrected chi connectivity index (χ3v) is 23.4. The molecule has 4 nitrogen and oxygen atoms in total. The van der Waals surface area contributed by atoms with Gasteiger partial charge in [0.2, 0.25) is 0 Å². The molecule has 0 aliphatic rings. The van der Waals surface area contributed by atoms with E-state index < -0.39 is 13.7 Å². The van der Waals surface area contributed by atoms with Gasteiger partial charge in [-0.15, -0.1) is 0 Å². The number of benzene rings is 1. The molecule has 0 amide bonds. The average molecular weight is 627 g/mol. The molecule has 0 bridgehead atoms.